The molecule has 2 aromatic rings. The normalized spacial score (nSPS) is 24.5. The molecule has 2 amide bonds. The molecular weight excluding hydrogens is 398 g/mol. The second-order valence-corrected chi connectivity index (χ2v) is 7.91. The number of amides is 2. The molecule has 0 N–H and O–H groups in total. The number of fused-ring (bicyclic) bond motifs is 4. The Morgan fingerprint density at radius 2 is 1.48 bits per heavy atom. The first-order valence-electron chi connectivity index (χ1n) is 10.2. The van der Waals surface area contributed by atoms with E-state index in [9.17, 15) is 24.0 Å². The lowest BCUT2D eigenvalue weighted by molar-refractivity contribution is -0.146. The van der Waals surface area contributed by atoms with Crippen LogP contribution in [0.25, 0.3) is 0 Å². The number of ether oxygens (including phenoxy) is 1. The summed E-state index contributed by atoms with van der Waals surface area (Å²) < 4.78 is 5.22. The molecule has 2 aromatic carbocycles. The molecule has 1 heterocycles. The van der Waals surface area contributed by atoms with Gasteiger partial charge in [0.15, 0.2) is 11.6 Å². The summed E-state index contributed by atoms with van der Waals surface area (Å²) in [7, 11) is 0. The minimum Gasteiger partial charge on any atom is -0.466 e. The maximum Gasteiger partial charge on any atom is 0.311 e. The van der Waals surface area contributed by atoms with Crippen LogP contribution in [0.5, 0.6) is 0 Å². The largest absolute Gasteiger partial charge is 0.466 e. The van der Waals surface area contributed by atoms with Gasteiger partial charge < -0.3 is 4.74 Å². The molecule has 0 saturated heterocycles. The number of rotatable bonds is 3. The fourth-order valence-corrected chi connectivity index (χ4v) is 5.55. The highest BCUT2D eigenvalue weighted by atomic mass is 16.5. The molecule has 0 bridgehead atoms. The van der Waals surface area contributed by atoms with Crippen molar-refractivity contribution in [2.75, 3.05) is 11.5 Å². The van der Waals surface area contributed by atoms with Crippen molar-refractivity contribution in [2.45, 2.75) is 25.7 Å². The smallest absolute Gasteiger partial charge is 0.311 e. The standard InChI is InChI=1S/C24H19NO6/c1-3-17(26)25-16-12-8-7-11-15(16)23(22(25)30)18(21(29)31-4-2)24(23)19(27)13-9-5-6-10-14(13)20(24)28/h5-12,18H,3-4H2,1-2H3. The molecule has 7 nitrogen and oxygen atoms in total. The average molecular weight is 417 g/mol. The third kappa shape index (κ3) is 1.92. The second kappa shape index (κ2) is 6.20. The Hall–Kier alpha value is -3.61. The highest BCUT2D eigenvalue weighted by Gasteiger charge is 2.94. The maximum atomic E-state index is 13.9. The van der Waals surface area contributed by atoms with Crippen molar-refractivity contribution in [3.63, 3.8) is 0 Å². The van der Waals surface area contributed by atoms with Crippen molar-refractivity contribution in [3.8, 4) is 0 Å². The molecule has 1 saturated carbocycles. The molecule has 2 aliphatic carbocycles. The van der Waals surface area contributed by atoms with E-state index >= 15 is 0 Å². The summed E-state index contributed by atoms with van der Waals surface area (Å²) in [6, 6.07) is 12.9. The SMILES string of the molecule is CCOC(=O)C1C2(C(=O)c3ccccc3C2=O)C12C(=O)N(C(=O)CC)c1ccccc12. The molecule has 2 spiro atoms. The van der Waals surface area contributed by atoms with E-state index in [1.54, 1.807) is 50.2 Å². The molecule has 2 atom stereocenters. The first kappa shape index (κ1) is 19.4. The van der Waals surface area contributed by atoms with Gasteiger partial charge in [0.25, 0.3) is 0 Å². The van der Waals surface area contributed by atoms with Gasteiger partial charge in [-0.2, -0.15) is 0 Å². The zero-order chi connectivity index (χ0) is 22.1. The molecule has 7 heteroatoms. The number of nitrogens with zero attached hydrogens (tertiary/aromatic N) is 1. The average Bonchev–Trinajstić information content (AvgIpc) is 3.28. The molecule has 31 heavy (non-hydrogen) atoms. The fraction of sp³-hybridized carbons (Fsp3) is 0.292. The molecule has 0 aromatic heterocycles. The Bertz CT molecular complexity index is 1180. The van der Waals surface area contributed by atoms with E-state index < -0.39 is 46.1 Å². The molecule has 156 valence electrons. The molecule has 5 rings (SSSR count). The van der Waals surface area contributed by atoms with Gasteiger partial charge in [0.1, 0.15) is 10.8 Å². The van der Waals surface area contributed by atoms with E-state index in [4.69, 9.17) is 4.74 Å². The molecule has 1 fully saturated rings. The van der Waals surface area contributed by atoms with Crippen LogP contribution >= 0.6 is 0 Å². The summed E-state index contributed by atoms with van der Waals surface area (Å²) in [5.41, 5.74) is -2.70. The summed E-state index contributed by atoms with van der Waals surface area (Å²) in [6.45, 7) is 3.27. The number of esters is 1. The Morgan fingerprint density at radius 3 is 2.06 bits per heavy atom. The van der Waals surface area contributed by atoms with Crippen LogP contribution in [0.1, 0.15) is 46.5 Å². The van der Waals surface area contributed by atoms with Crippen LogP contribution < -0.4 is 4.90 Å². The number of para-hydroxylation sites is 1. The van der Waals surface area contributed by atoms with Gasteiger partial charge in [-0.1, -0.05) is 49.4 Å². The van der Waals surface area contributed by atoms with Crippen molar-refractivity contribution in [3.05, 3.63) is 65.2 Å². The Morgan fingerprint density at radius 1 is 0.903 bits per heavy atom. The summed E-state index contributed by atoms with van der Waals surface area (Å²) in [4.78, 5) is 68.1. The van der Waals surface area contributed by atoms with Crippen LogP contribution in [0.4, 0.5) is 5.69 Å². The summed E-state index contributed by atoms with van der Waals surface area (Å²) in [5.74, 6) is -4.43. The predicted molar refractivity (Wildman–Crippen MR) is 109 cm³/mol. The van der Waals surface area contributed by atoms with Crippen LogP contribution in [0.15, 0.2) is 48.5 Å². The van der Waals surface area contributed by atoms with Crippen LogP contribution in [-0.4, -0.2) is 36.0 Å². The zero-order valence-corrected chi connectivity index (χ0v) is 17.0. The van der Waals surface area contributed by atoms with E-state index in [-0.39, 0.29) is 24.2 Å². The van der Waals surface area contributed by atoms with Gasteiger partial charge in [-0.3, -0.25) is 24.0 Å². The zero-order valence-electron chi connectivity index (χ0n) is 17.0. The first-order chi connectivity index (χ1) is 14.9. The lowest BCUT2D eigenvalue weighted by Crippen LogP contribution is -2.41. The predicted octanol–water partition coefficient (Wildman–Crippen LogP) is 2.47. The van der Waals surface area contributed by atoms with Crippen molar-refractivity contribution in [1.82, 2.24) is 0 Å². The van der Waals surface area contributed by atoms with Crippen molar-refractivity contribution < 1.29 is 28.7 Å². The lowest BCUT2D eigenvalue weighted by Gasteiger charge is -2.16. The highest BCUT2D eigenvalue weighted by Crippen LogP contribution is 2.77. The van der Waals surface area contributed by atoms with Gasteiger partial charge in [0.05, 0.1) is 18.2 Å². The fourth-order valence-electron chi connectivity index (χ4n) is 5.55. The van der Waals surface area contributed by atoms with E-state index in [0.717, 1.165) is 4.90 Å². The topological polar surface area (TPSA) is 97.8 Å². The molecule has 3 aliphatic rings. The molecular formula is C24H19NO6. The third-order valence-electron chi connectivity index (χ3n) is 6.72. The van der Waals surface area contributed by atoms with Gasteiger partial charge in [-0.15, -0.1) is 0 Å². The molecule has 1 aliphatic heterocycles. The number of benzene rings is 2. The number of carbonyl (C=O) groups is 5. The van der Waals surface area contributed by atoms with Gasteiger partial charge in [0, 0.05) is 17.5 Å². The second-order valence-electron chi connectivity index (χ2n) is 7.91. The van der Waals surface area contributed by atoms with Gasteiger partial charge in [-0.25, -0.2) is 4.90 Å². The molecule has 2 unspecified atom stereocenters. The number of carbonyl (C=O) groups excluding carboxylic acids is 5. The first-order valence-corrected chi connectivity index (χ1v) is 10.2. The van der Waals surface area contributed by atoms with E-state index in [1.165, 1.54) is 12.1 Å². The molecule has 0 radical (unpaired) electrons. The summed E-state index contributed by atoms with van der Waals surface area (Å²) in [6.07, 6.45) is 0.0509. The summed E-state index contributed by atoms with van der Waals surface area (Å²) in [5, 5.41) is 0. The van der Waals surface area contributed by atoms with E-state index in [1.807, 2.05) is 0 Å². The number of imide groups is 1. The van der Waals surface area contributed by atoms with E-state index in [2.05, 4.69) is 0 Å². The van der Waals surface area contributed by atoms with Crippen molar-refractivity contribution in [1.29, 1.82) is 0 Å². The van der Waals surface area contributed by atoms with E-state index in [0.29, 0.717) is 11.3 Å². The van der Waals surface area contributed by atoms with Crippen molar-refractivity contribution >= 4 is 35.0 Å². The maximum absolute atomic E-state index is 13.9. The number of anilines is 1. The Balaban J connectivity index is 1.81. The number of hydrogen-bond acceptors (Lipinski definition) is 6. The van der Waals surface area contributed by atoms with Gasteiger partial charge >= 0.3 is 5.97 Å². The lowest BCUT2D eigenvalue weighted by atomic mass is 9.83. The number of hydrogen-bond donors (Lipinski definition) is 0. The minimum absolute atomic E-state index is 0.0320. The third-order valence-corrected chi connectivity index (χ3v) is 6.72. The van der Waals surface area contributed by atoms with Gasteiger partial charge in [0.2, 0.25) is 11.8 Å². The quantitative estimate of drug-likeness (QED) is 0.562. The Kier molecular flexibility index (Phi) is 3.87. The van der Waals surface area contributed by atoms with Gasteiger partial charge in [-0.05, 0) is 18.6 Å². The monoisotopic (exact) mass is 417 g/mol. The van der Waals surface area contributed by atoms with Crippen LogP contribution in [-0.2, 0) is 24.5 Å². The number of ketones is 2. The van der Waals surface area contributed by atoms with Crippen LogP contribution in [0, 0.1) is 11.3 Å². The van der Waals surface area contributed by atoms with Crippen molar-refractivity contribution in [2.24, 2.45) is 11.3 Å². The minimum atomic E-state index is -1.93. The van der Waals surface area contributed by atoms with Crippen LogP contribution in [0.2, 0.25) is 0 Å². The highest BCUT2D eigenvalue weighted by molar-refractivity contribution is 6.42. The summed E-state index contributed by atoms with van der Waals surface area (Å²) >= 11 is 0. The van der Waals surface area contributed by atoms with Crippen LogP contribution in [0.3, 0.4) is 0 Å². The number of Topliss-reactive ketones (excluding diaryl/α,β-unsaturated/α-hetero) is 2. The Labute approximate surface area is 178 Å².